The Kier molecular flexibility index (Phi) is 10.1. The summed E-state index contributed by atoms with van der Waals surface area (Å²) in [6.45, 7) is 18.0. The van der Waals surface area contributed by atoms with Crippen molar-refractivity contribution in [2.45, 2.75) is 85.0 Å². The van der Waals surface area contributed by atoms with E-state index in [1.165, 1.54) is 27.8 Å². The summed E-state index contributed by atoms with van der Waals surface area (Å²) in [4.78, 5) is 10.9. The number of rotatable bonds is 10. The third-order valence-electron chi connectivity index (χ3n) is 7.79. The van der Waals surface area contributed by atoms with Gasteiger partial charge in [-0.1, -0.05) is 152 Å². The lowest BCUT2D eigenvalue weighted by molar-refractivity contribution is 0.834. The highest BCUT2D eigenvalue weighted by Crippen LogP contribution is 2.38. The minimum Gasteiger partial charge on any atom is -0.260 e. The van der Waals surface area contributed by atoms with Crippen molar-refractivity contribution in [1.82, 2.24) is 0 Å². The molecular formula is C39H46N2. The first kappa shape index (κ1) is 30.2. The maximum atomic E-state index is 5.60. The van der Waals surface area contributed by atoms with Gasteiger partial charge in [-0.15, -0.1) is 0 Å². The molecule has 41 heavy (non-hydrogen) atoms. The minimum absolute atomic E-state index is 0.126. The van der Waals surface area contributed by atoms with E-state index in [4.69, 9.17) is 9.98 Å². The maximum Gasteiger partial charge on any atom is 0.0702 e. The van der Waals surface area contributed by atoms with Crippen molar-refractivity contribution in [2.75, 3.05) is 0 Å². The van der Waals surface area contributed by atoms with Crippen molar-refractivity contribution in [2.24, 2.45) is 9.98 Å². The second-order valence-electron chi connectivity index (χ2n) is 12.2. The Morgan fingerprint density at radius 1 is 0.488 bits per heavy atom. The van der Waals surface area contributed by atoms with E-state index >= 15 is 0 Å². The van der Waals surface area contributed by atoms with Gasteiger partial charge in [0.1, 0.15) is 0 Å². The van der Waals surface area contributed by atoms with Gasteiger partial charge in [0.2, 0.25) is 0 Å². The van der Waals surface area contributed by atoms with Crippen LogP contribution in [0.15, 0.2) is 107 Å². The molecule has 0 spiro atoms. The molecule has 0 aliphatic carbocycles. The zero-order valence-electron chi connectivity index (χ0n) is 26.1. The first-order chi connectivity index (χ1) is 19.7. The van der Waals surface area contributed by atoms with Crippen LogP contribution in [0.5, 0.6) is 0 Å². The molecule has 4 aromatic rings. The number of hydrogen-bond donors (Lipinski definition) is 0. The van der Waals surface area contributed by atoms with Gasteiger partial charge < -0.3 is 0 Å². The fourth-order valence-electron chi connectivity index (χ4n) is 5.47. The first-order valence-corrected chi connectivity index (χ1v) is 15.2. The zero-order valence-corrected chi connectivity index (χ0v) is 26.1. The third kappa shape index (κ3) is 7.11. The van der Waals surface area contributed by atoms with Gasteiger partial charge in [-0.2, -0.15) is 0 Å². The van der Waals surface area contributed by atoms with Crippen molar-refractivity contribution >= 4 is 23.3 Å². The Morgan fingerprint density at radius 3 is 1.34 bits per heavy atom. The molecule has 0 radical (unpaired) electrons. The summed E-state index contributed by atoms with van der Waals surface area (Å²) in [5, 5.41) is 0. The van der Waals surface area contributed by atoms with Crippen LogP contribution in [0, 0.1) is 0 Å². The molecule has 0 amide bonds. The number of aliphatic imine (C=N–C) groups is 2. The van der Waals surface area contributed by atoms with Crippen molar-refractivity contribution in [3.8, 4) is 0 Å². The first-order valence-electron chi connectivity index (χ1n) is 15.2. The Bertz CT molecular complexity index is 1420. The van der Waals surface area contributed by atoms with Crippen molar-refractivity contribution in [1.29, 1.82) is 0 Å². The van der Waals surface area contributed by atoms with Crippen molar-refractivity contribution in [3.63, 3.8) is 0 Å². The normalized spacial score (nSPS) is 13.2. The summed E-state index contributed by atoms with van der Waals surface area (Å²) in [6, 6.07) is 34.6. The molecule has 0 aromatic heterocycles. The van der Waals surface area contributed by atoms with Crippen LogP contribution in [0.3, 0.4) is 0 Å². The van der Waals surface area contributed by atoms with E-state index in [-0.39, 0.29) is 5.92 Å². The van der Waals surface area contributed by atoms with Crippen LogP contribution < -0.4 is 0 Å². The summed E-state index contributed by atoms with van der Waals surface area (Å²) >= 11 is 0. The van der Waals surface area contributed by atoms with Crippen molar-refractivity contribution in [3.05, 3.63) is 130 Å². The summed E-state index contributed by atoms with van der Waals surface area (Å²) in [6.07, 6.45) is 2.14. The lowest BCUT2D eigenvalue weighted by Crippen LogP contribution is -2.16. The van der Waals surface area contributed by atoms with Crippen LogP contribution in [-0.4, -0.2) is 11.9 Å². The van der Waals surface area contributed by atoms with Gasteiger partial charge in [-0.05, 0) is 57.1 Å². The van der Waals surface area contributed by atoms with Gasteiger partial charge in [0.15, 0.2) is 0 Å². The summed E-state index contributed by atoms with van der Waals surface area (Å²) in [7, 11) is 0. The van der Waals surface area contributed by atoms with Gasteiger partial charge in [0.05, 0.1) is 23.0 Å². The average molecular weight is 543 g/mol. The van der Waals surface area contributed by atoms with E-state index in [0.717, 1.165) is 22.6 Å². The fraction of sp³-hybridized carbons (Fsp3) is 0.333. The standard InChI is InChI=1S/C39H46N2/c1-26(2)32-21-15-22-33(27(3)4)38(32)40-25-36(30-17-11-9-12-18-30)37(31-19-13-10-14-20-31)41-39-34(28(5)6)23-16-24-35(39)29(7)8/h9-29,36H,1-8H3. The summed E-state index contributed by atoms with van der Waals surface area (Å²) < 4.78 is 0. The average Bonchev–Trinajstić information content (AvgIpc) is 2.97. The van der Waals surface area contributed by atoms with Gasteiger partial charge in [-0.25, -0.2) is 0 Å². The monoisotopic (exact) mass is 542 g/mol. The topological polar surface area (TPSA) is 24.7 Å². The van der Waals surface area contributed by atoms with E-state index < -0.39 is 0 Å². The molecule has 0 aliphatic heterocycles. The second-order valence-corrected chi connectivity index (χ2v) is 12.2. The molecule has 0 aliphatic rings. The maximum absolute atomic E-state index is 5.60. The van der Waals surface area contributed by atoms with Crippen LogP contribution in [0.4, 0.5) is 11.4 Å². The highest BCUT2D eigenvalue weighted by molar-refractivity contribution is 6.15. The Labute approximate surface area is 248 Å². The molecule has 1 unspecified atom stereocenters. The van der Waals surface area contributed by atoms with E-state index in [9.17, 15) is 0 Å². The molecule has 0 fully saturated rings. The molecule has 0 saturated carbocycles. The van der Waals surface area contributed by atoms with Crippen molar-refractivity contribution < 1.29 is 0 Å². The van der Waals surface area contributed by atoms with Gasteiger partial charge in [-0.3, -0.25) is 9.98 Å². The summed E-state index contributed by atoms with van der Waals surface area (Å²) in [5.74, 6) is 1.35. The molecule has 1 atom stereocenters. The molecule has 4 aromatic carbocycles. The lowest BCUT2D eigenvalue weighted by atomic mass is 9.88. The molecule has 0 saturated heterocycles. The Hall–Kier alpha value is -3.78. The van der Waals surface area contributed by atoms with E-state index in [1.807, 2.05) is 0 Å². The van der Waals surface area contributed by atoms with Crippen LogP contribution in [0.1, 0.15) is 118 Å². The molecule has 212 valence electrons. The van der Waals surface area contributed by atoms with E-state index in [2.05, 4.69) is 159 Å². The van der Waals surface area contributed by atoms with Crippen LogP contribution >= 0.6 is 0 Å². The SMILES string of the molecule is CC(C)c1cccc(C(C)C)c1N=CC(C(=Nc1c(C(C)C)cccc1C(C)C)c1ccccc1)c1ccccc1. The number of hydrogen-bond acceptors (Lipinski definition) is 2. The highest BCUT2D eigenvalue weighted by atomic mass is 14.8. The largest absolute Gasteiger partial charge is 0.260 e. The highest BCUT2D eigenvalue weighted by Gasteiger charge is 2.22. The quantitative estimate of drug-likeness (QED) is 0.178. The number of para-hydroxylation sites is 2. The lowest BCUT2D eigenvalue weighted by Gasteiger charge is -2.22. The Balaban J connectivity index is 2.02. The number of nitrogens with zero attached hydrogens (tertiary/aromatic N) is 2. The fourth-order valence-corrected chi connectivity index (χ4v) is 5.47. The smallest absolute Gasteiger partial charge is 0.0702 e. The molecule has 0 bridgehead atoms. The molecule has 0 heterocycles. The third-order valence-corrected chi connectivity index (χ3v) is 7.79. The second kappa shape index (κ2) is 13.7. The van der Waals surface area contributed by atoms with Crippen LogP contribution in [0.25, 0.3) is 0 Å². The number of benzene rings is 4. The van der Waals surface area contributed by atoms with E-state index in [0.29, 0.717) is 23.7 Å². The van der Waals surface area contributed by atoms with Crippen LogP contribution in [-0.2, 0) is 0 Å². The summed E-state index contributed by atoms with van der Waals surface area (Å²) in [5.41, 5.74) is 10.6. The predicted molar refractivity (Wildman–Crippen MR) is 179 cm³/mol. The predicted octanol–water partition coefficient (Wildman–Crippen LogP) is 11.5. The van der Waals surface area contributed by atoms with Crippen LogP contribution in [0.2, 0.25) is 0 Å². The van der Waals surface area contributed by atoms with E-state index in [1.54, 1.807) is 0 Å². The van der Waals surface area contributed by atoms with Gasteiger partial charge in [0.25, 0.3) is 0 Å². The van der Waals surface area contributed by atoms with Gasteiger partial charge in [0, 0.05) is 6.21 Å². The molecule has 0 N–H and O–H groups in total. The molecular weight excluding hydrogens is 496 g/mol. The molecule has 2 nitrogen and oxygen atoms in total. The minimum atomic E-state index is -0.126. The van der Waals surface area contributed by atoms with Gasteiger partial charge >= 0.3 is 0 Å². The zero-order chi connectivity index (χ0) is 29.5. The molecule has 4 rings (SSSR count). The molecule has 2 heteroatoms. The Morgan fingerprint density at radius 2 is 0.902 bits per heavy atom.